The monoisotopic (exact) mass is 322 g/mol. The van der Waals surface area contributed by atoms with Gasteiger partial charge in [-0.3, -0.25) is 9.80 Å². The maximum atomic E-state index is 2.69. The van der Waals surface area contributed by atoms with Gasteiger partial charge in [0.2, 0.25) is 0 Å². The van der Waals surface area contributed by atoms with Crippen molar-refractivity contribution < 1.29 is 0 Å². The molecule has 0 bridgehead atoms. The SMILES string of the molecule is CC1CCCN(CCN2CCN(CCCN3CCC[C@@H]3C)C2)C1. The fourth-order valence-corrected chi connectivity index (χ4v) is 4.67. The fourth-order valence-electron chi connectivity index (χ4n) is 4.67. The number of nitrogens with zero attached hydrogens (tertiary/aromatic N) is 4. The molecule has 0 aromatic rings. The van der Waals surface area contributed by atoms with Gasteiger partial charge in [-0.15, -0.1) is 0 Å². The molecule has 23 heavy (non-hydrogen) atoms. The van der Waals surface area contributed by atoms with Crippen LogP contribution in [0, 0.1) is 5.92 Å². The molecule has 2 atom stereocenters. The van der Waals surface area contributed by atoms with E-state index >= 15 is 0 Å². The van der Waals surface area contributed by atoms with Gasteiger partial charge < -0.3 is 9.80 Å². The number of likely N-dealkylation sites (tertiary alicyclic amines) is 2. The molecule has 0 aromatic heterocycles. The van der Waals surface area contributed by atoms with Crippen molar-refractivity contribution in [1.82, 2.24) is 19.6 Å². The zero-order chi connectivity index (χ0) is 16.1. The second-order valence-electron chi connectivity index (χ2n) is 8.31. The van der Waals surface area contributed by atoms with Gasteiger partial charge in [-0.25, -0.2) is 0 Å². The third-order valence-corrected chi connectivity index (χ3v) is 6.22. The third-order valence-electron chi connectivity index (χ3n) is 6.22. The highest BCUT2D eigenvalue weighted by Crippen LogP contribution is 2.17. The van der Waals surface area contributed by atoms with Gasteiger partial charge in [0.1, 0.15) is 0 Å². The molecule has 3 aliphatic rings. The first-order valence-electron chi connectivity index (χ1n) is 10.1. The van der Waals surface area contributed by atoms with Crippen LogP contribution >= 0.6 is 0 Å². The van der Waals surface area contributed by atoms with Crippen molar-refractivity contribution in [1.29, 1.82) is 0 Å². The summed E-state index contributed by atoms with van der Waals surface area (Å²) >= 11 is 0. The van der Waals surface area contributed by atoms with Gasteiger partial charge in [0.25, 0.3) is 0 Å². The third kappa shape index (κ3) is 5.42. The summed E-state index contributed by atoms with van der Waals surface area (Å²) in [7, 11) is 0. The molecule has 0 aromatic carbocycles. The van der Waals surface area contributed by atoms with Gasteiger partial charge in [-0.1, -0.05) is 6.92 Å². The van der Waals surface area contributed by atoms with Crippen molar-refractivity contribution in [2.45, 2.75) is 52.0 Å². The lowest BCUT2D eigenvalue weighted by atomic mass is 10.0. The van der Waals surface area contributed by atoms with Crippen LogP contribution < -0.4 is 0 Å². The summed E-state index contributed by atoms with van der Waals surface area (Å²) in [4.78, 5) is 10.7. The number of piperidine rings is 1. The van der Waals surface area contributed by atoms with E-state index in [9.17, 15) is 0 Å². The molecule has 0 aliphatic carbocycles. The molecule has 3 heterocycles. The summed E-state index contributed by atoms with van der Waals surface area (Å²) in [6, 6.07) is 0.831. The summed E-state index contributed by atoms with van der Waals surface area (Å²) in [5.41, 5.74) is 0. The van der Waals surface area contributed by atoms with Gasteiger partial charge in [0.05, 0.1) is 6.67 Å². The molecule has 0 N–H and O–H groups in total. The van der Waals surface area contributed by atoms with Gasteiger partial charge in [-0.2, -0.15) is 0 Å². The Hall–Kier alpha value is -0.160. The smallest absolute Gasteiger partial charge is 0.0507 e. The highest BCUT2D eigenvalue weighted by molar-refractivity contribution is 4.77. The van der Waals surface area contributed by atoms with E-state index in [1.165, 1.54) is 97.7 Å². The lowest BCUT2D eigenvalue weighted by Gasteiger charge is -2.32. The number of hydrogen-bond acceptors (Lipinski definition) is 4. The highest BCUT2D eigenvalue weighted by atomic mass is 15.4. The van der Waals surface area contributed by atoms with Crippen molar-refractivity contribution >= 4 is 0 Å². The molecule has 4 nitrogen and oxygen atoms in total. The summed E-state index contributed by atoms with van der Waals surface area (Å²) in [6.07, 6.45) is 7.01. The minimum Gasteiger partial charge on any atom is -0.302 e. The molecule has 0 spiro atoms. The predicted molar refractivity (Wildman–Crippen MR) is 97.7 cm³/mol. The van der Waals surface area contributed by atoms with Crippen molar-refractivity contribution in [2.24, 2.45) is 5.92 Å². The van der Waals surface area contributed by atoms with Crippen LogP contribution in [0.5, 0.6) is 0 Å². The Morgan fingerprint density at radius 1 is 0.739 bits per heavy atom. The Balaban J connectivity index is 1.26. The Bertz CT molecular complexity index is 348. The molecule has 3 rings (SSSR count). The molecule has 0 saturated carbocycles. The summed E-state index contributed by atoms with van der Waals surface area (Å²) < 4.78 is 0. The molecule has 0 amide bonds. The minimum atomic E-state index is 0.831. The van der Waals surface area contributed by atoms with E-state index < -0.39 is 0 Å². The van der Waals surface area contributed by atoms with Crippen molar-refractivity contribution in [3.63, 3.8) is 0 Å². The van der Waals surface area contributed by atoms with E-state index in [0.717, 1.165) is 12.0 Å². The first-order valence-corrected chi connectivity index (χ1v) is 10.1. The standard InChI is InChI=1S/C19H38N4/c1-18-6-3-8-20(16-18)12-13-22-15-14-21(17-22)9-5-11-23-10-4-7-19(23)2/h18-19H,3-17H2,1-2H3/t18?,19-/m0/s1. The molecule has 3 saturated heterocycles. The van der Waals surface area contributed by atoms with Crippen LogP contribution in [-0.2, 0) is 0 Å². The Kier molecular flexibility index (Phi) is 6.75. The maximum Gasteiger partial charge on any atom is 0.0507 e. The van der Waals surface area contributed by atoms with Crippen LogP contribution in [0.2, 0.25) is 0 Å². The number of hydrogen-bond donors (Lipinski definition) is 0. The van der Waals surface area contributed by atoms with Crippen LogP contribution in [0.4, 0.5) is 0 Å². The molecular weight excluding hydrogens is 284 g/mol. The molecule has 134 valence electrons. The summed E-state index contributed by atoms with van der Waals surface area (Å²) in [5.74, 6) is 0.909. The topological polar surface area (TPSA) is 13.0 Å². The van der Waals surface area contributed by atoms with Crippen LogP contribution in [0.1, 0.15) is 46.0 Å². The van der Waals surface area contributed by atoms with Gasteiger partial charge in [0.15, 0.2) is 0 Å². The van der Waals surface area contributed by atoms with Crippen molar-refractivity contribution in [3.05, 3.63) is 0 Å². The average Bonchev–Trinajstić information content (AvgIpc) is 3.15. The molecule has 4 heteroatoms. The zero-order valence-corrected chi connectivity index (χ0v) is 15.6. The molecule has 0 radical (unpaired) electrons. The lowest BCUT2D eigenvalue weighted by Crippen LogP contribution is -2.40. The van der Waals surface area contributed by atoms with E-state index in [1.54, 1.807) is 0 Å². The second-order valence-corrected chi connectivity index (χ2v) is 8.31. The first kappa shape index (κ1) is 17.7. The van der Waals surface area contributed by atoms with E-state index in [4.69, 9.17) is 0 Å². The van der Waals surface area contributed by atoms with Crippen molar-refractivity contribution in [3.8, 4) is 0 Å². The van der Waals surface area contributed by atoms with Crippen LogP contribution in [0.15, 0.2) is 0 Å². The zero-order valence-electron chi connectivity index (χ0n) is 15.6. The quantitative estimate of drug-likeness (QED) is 0.712. The minimum absolute atomic E-state index is 0.831. The van der Waals surface area contributed by atoms with Crippen molar-refractivity contribution in [2.75, 3.05) is 65.6 Å². The van der Waals surface area contributed by atoms with Crippen LogP contribution in [-0.4, -0.2) is 91.2 Å². The van der Waals surface area contributed by atoms with Crippen LogP contribution in [0.25, 0.3) is 0 Å². The normalized spacial score (nSPS) is 32.1. The molecule has 3 fully saturated rings. The van der Waals surface area contributed by atoms with E-state index in [0.29, 0.717) is 0 Å². The average molecular weight is 323 g/mol. The van der Waals surface area contributed by atoms with Gasteiger partial charge >= 0.3 is 0 Å². The Labute approximate surface area is 143 Å². The molecular formula is C19H38N4. The fraction of sp³-hybridized carbons (Fsp3) is 1.00. The predicted octanol–water partition coefficient (Wildman–Crippen LogP) is 2.17. The molecule has 1 unspecified atom stereocenters. The van der Waals surface area contributed by atoms with E-state index in [1.807, 2.05) is 0 Å². The first-order chi connectivity index (χ1) is 11.2. The van der Waals surface area contributed by atoms with Gasteiger partial charge in [0, 0.05) is 45.3 Å². The lowest BCUT2D eigenvalue weighted by molar-refractivity contribution is 0.153. The largest absolute Gasteiger partial charge is 0.302 e. The number of rotatable bonds is 7. The summed E-state index contributed by atoms with van der Waals surface area (Å²) in [6.45, 7) is 17.7. The Morgan fingerprint density at radius 3 is 2.22 bits per heavy atom. The van der Waals surface area contributed by atoms with E-state index in [-0.39, 0.29) is 0 Å². The Morgan fingerprint density at radius 2 is 1.48 bits per heavy atom. The van der Waals surface area contributed by atoms with E-state index in [2.05, 4.69) is 33.4 Å². The maximum absolute atomic E-state index is 2.69. The molecule has 3 aliphatic heterocycles. The highest BCUT2D eigenvalue weighted by Gasteiger charge is 2.23. The van der Waals surface area contributed by atoms with Gasteiger partial charge in [-0.05, 0) is 64.6 Å². The second kappa shape index (κ2) is 8.80. The van der Waals surface area contributed by atoms with Crippen LogP contribution in [0.3, 0.4) is 0 Å². The summed E-state index contributed by atoms with van der Waals surface area (Å²) in [5, 5.41) is 0.